The van der Waals surface area contributed by atoms with Crippen LogP contribution in [0.15, 0.2) is 48.5 Å². The molecule has 2 aromatic carbocycles. The topological polar surface area (TPSA) is 58.6 Å². The maximum absolute atomic E-state index is 12.3. The summed E-state index contributed by atoms with van der Waals surface area (Å²) in [5, 5.41) is 3.44. The minimum absolute atomic E-state index is 0.254. The molecule has 1 saturated heterocycles. The third-order valence-corrected chi connectivity index (χ3v) is 5.28. The van der Waals surface area contributed by atoms with Crippen LogP contribution in [-0.2, 0) is 22.6 Å². The highest BCUT2D eigenvalue weighted by Gasteiger charge is 2.30. The van der Waals surface area contributed by atoms with Crippen molar-refractivity contribution < 1.29 is 14.3 Å². The van der Waals surface area contributed by atoms with Crippen molar-refractivity contribution in [3.63, 3.8) is 0 Å². The van der Waals surface area contributed by atoms with Gasteiger partial charge in [-0.3, -0.25) is 4.79 Å². The zero-order valence-electron chi connectivity index (χ0n) is 16.6. The van der Waals surface area contributed by atoms with E-state index in [0.29, 0.717) is 24.6 Å². The van der Waals surface area contributed by atoms with Gasteiger partial charge in [0.2, 0.25) is 5.91 Å². The van der Waals surface area contributed by atoms with Gasteiger partial charge in [0.1, 0.15) is 0 Å². The molecule has 2 aromatic rings. The quantitative estimate of drug-likeness (QED) is 0.563. The molecule has 1 amide bonds. The lowest BCUT2D eigenvalue weighted by atomic mass is 10.1. The number of nitrogens with one attached hydrogen (secondary N) is 1. The minimum atomic E-state index is -0.320. The highest BCUT2D eigenvalue weighted by atomic mass is 16.5. The summed E-state index contributed by atoms with van der Waals surface area (Å²) >= 11 is 0. The van der Waals surface area contributed by atoms with Gasteiger partial charge < -0.3 is 15.0 Å². The second-order valence-electron chi connectivity index (χ2n) is 7.35. The lowest BCUT2D eigenvalue weighted by Crippen LogP contribution is -2.34. The molecule has 5 nitrogen and oxygen atoms in total. The number of rotatable bonds is 8. The van der Waals surface area contributed by atoms with Crippen molar-refractivity contribution in [2.24, 2.45) is 0 Å². The van der Waals surface area contributed by atoms with Crippen LogP contribution in [0.4, 0.5) is 0 Å². The lowest BCUT2D eigenvalue weighted by Gasteiger charge is -2.25. The first-order valence-electron chi connectivity index (χ1n) is 9.80. The Balaban J connectivity index is 1.46. The summed E-state index contributed by atoms with van der Waals surface area (Å²) in [6.45, 7) is 4.35. The van der Waals surface area contributed by atoms with Gasteiger partial charge in [-0.2, -0.15) is 0 Å². The fourth-order valence-corrected chi connectivity index (χ4v) is 3.58. The largest absolute Gasteiger partial charge is 0.465 e. The van der Waals surface area contributed by atoms with Gasteiger partial charge in [0.15, 0.2) is 0 Å². The van der Waals surface area contributed by atoms with Crippen molar-refractivity contribution >= 4 is 11.9 Å². The molecule has 148 valence electrons. The molecule has 1 unspecified atom stereocenters. The summed E-state index contributed by atoms with van der Waals surface area (Å²) in [6.07, 6.45) is 2.52. The van der Waals surface area contributed by atoms with Crippen LogP contribution in [0.5, 0.6) is 0 Å². The maximum Gasteiger partial charge on any atom is 0.337 e. The Hall–Kier alpha value is -2.66. The zero-order chi connectivity index (χ0) is 19.9. The maximum atomic E-state index is 12.3. The molecular weight excluding hydrogens is 352 g/mol. The second kappa shape index (κ2) is 9.51. The number of benzene rings is 2. The van der Waals surface area contributed by atoms with Crippen LogP contribution in [-0.4, -0.2) is 36.5 Å². The van der Waals surface area contributed by atoms with Gasteiger partial charge in [-0.05, 0) is 49.6 Å². The van der Waals surface area contributed by atoms with Gasteiger partial charge in [0.25, 0.3) is 0 Å². The number of hydrogen-bond acceptors (Lipinski definition) is 4. The number of nitrogens with zero attached hydrogens (tertiary/aromatic N) is 1. The molecule has 1 aliphatic rings. The number of hydrogen-bond donors (Lipinski definition) is 1. The van der Waals surface area contributed by atoms with E-state index in [9.17, 15) is 9.59 Å². The normalized spacial score (nSPS) is 16.4. The van der Waals surface area contributed by atoms with E-state index in [1.54, 1.807) is 12.1 Å². The Kier molecular flexibility index (Phi) is 6.82. The Morgan fingerprint density at radius 3 is 2.46 bits per heavy atom. The summed E-state index contributed by atoms with van der Waals surface area (Å²) in [4.78, 5) is 25.8. The summed E-state index contributed by atoms with van der Waals surface area (Å²) < 4.78 is 4.71. The van der Waals surface area contributed by atoms with Crippen LogP contribution >= 0.6 is 0 Å². The summed E-state index contributed by atoms with van der Waals surface area (Å²) in [5.41, 5.74) is 4.09. The molecule has 5 heteroatoms. The van der Waals surface area contributed by atoms with Crippen molar-refractivity contribution in [3.8, 4) is 0 Å². The Morgan fingerprint density at radius 2 is 1.79 bits per heavy atom. The molecule has 0 saturated carbocycles. The van der Waals surface area contributed by atoms with Crippen molar-refractivity contribution in [2.45, 2.75) is 45.3 Å². The third-order valence-electron chi connectivity index (χ3n) is 5.28. The van der Waals surface area contributed by atoms with E-state index in [1.807, 2.05) is 17.0 Å². The monoisotopic (exact) mass is 380 g/mol. The van der Waals surface area contributed by atoms with Crippen LogP contribution in [0.3, 0.4) is 0 Å². The van der Waals surface area contributed by atoms with Crippen LogP contribution in [0.25, 0.3) is 0 Å². The molecule has 1 heterocycles. The number of carbonyl (C=O) groups is 2. The molecule has 1 atom stereocenters. The number of likely N-dealkylation sites (tertiary alicyclic amines) is 1. The van der Waals surface area contributed by atoms with Gasteiger partial charge in [-0.25, -0.2) is 4.79 Å². The van der Waals surface area contributed by atoms with E-state index in [1.165, 1.54) is 18.2 Å². The highest BCUT2D eigenvalue weighted by molar-refractivity contribution is 5.89. The molecule has 0 aromatic heterocycles. The van der Waals surface area contributed by atoms with Crippen molar-refractivity contribution in [1.82, 2.24) is 10.2 Å². The average Bonchev–Trinajstić information content (AvgIpc) is 3.06. The van der Waals surface area contributed by atoms with Crippen LogP contribution < -0.4 is 5.32 Å². The summed E-state index contributed by atoms with van der Waals surface area (Å²) in [5.74, 6) is -0.0666. The van der Waals surface area contributed by atoms with Crippen LogP contribution in [0.1, 0.15) is 46.3 Å². The number of esters is 1. The Morgan fingerprint density at radius 1 is 1.11 bits per heavy atom. The molecule has 3 rings (SSSR count). The molecule has 28 heavy (non-hydrogen) atoms. The van der Waals surface area contributed by atoms with Gasteiger partial charge in [0, 0.05) is 25.6 Å². The molecule has 0 bridgehead atoms. The Labute approximate surface area is 166 Å². The van der Waals surface area contributed by atoms with Crippen molar-refractivity contribution in [2.75, 3.05) is 13.7 Å². The number of carbonyl (C=O) groups excluding carboxylic acids is 2. The molecule has 1 aliphatic heterocycles. The van der Waals surface area contributed by atoms with Crippen molar-refractivity contribution in [1.29, 1.82) is 0 Å². The molecule has 0 radical (unpaired) electrons. The van der Waals surface area contributed by atoms with E-state index in [0.717, 1.165) is 31.5 Å². The third kappa shape index (κ3) is 5.20. The fourth-order valence-electron chi connectivity index (χ4n) is 3.58. The predicted molar refractivity (Wildman–Crippen MR) is 109 cm³/mol. The average molecular weight is 380 g/mol. The van der Waals surface area contributed by atoms with E-state index in [-0.39, 0.29) is 11.9 Å². The zero-order valence-corrected chi connectivity index (χ0v) is 16.6. The summed E-state index contributed by atoms with van der Waals surface area (Å²) in [7, 11) is 1.38. The van der Waals surface area contributed by atoms with Gasteiger partial charge in [-0.15, -0.1) is 0 Å². The SMILES string of the molecule is COC(=O)c1ccc(CNCCC2CCC(=O)N2Cc2ccc(C)cc2)cc1. The summed E-state index contributed by atoms with van der Waals surface area (Å²) in [6, 6.07) is 16.1. The van der Waals surface area contributed by atoms with E-state index in [2.05, 4.69) is 36.5 Å². The number of aryl methyl sites for hydroxylation is 1. The minimum Gasteiger partial charge on any atom is -0.465 e. The first kappa shape index (κ1) is 20.1. The number of ether oxygens (including phenoxy) is 1. The number of methoxy groups -OCH3 is 1. The highest BCUT2D eigenvalue weighted by Crippen LogP contribution is 2.23. The smallest absolute Gasteiger partial charge is 0.337 e. The molecule has 1 fully saturated rings. The molecule has 1 N–H and O–H groups in total. The molecular formula is C23H28N2O3. The Bertz CT molecular complexity index is 800. The standard InChI is InChI=1S/C23H28N2O3/c1-17-3-5-19(6-4-17)16-25-21(11-12-22(25)26)13-14-24-15-18-7-9-20(10-8-18)23(27)28-2/h3-10,21,24H,11-16H2,1-2H3. The van der Waals surface area contributed by atoms with Crippen LogP contribution in [0.2, 0.25) is 0 Å². The predicted octanol–water partition coefficient (Wildman–Crippen LogP) is 3.45. The fraction of sp³-hybridized carbons (Fsp3) is 0.391. The number of amides is 1. The van der Waals surface area contributed by atoms with Crippen molar-refractivity contribution in [3.05, 3.63) is 70.8 Å². The molecule has 0 aliphatic carbocycles. The molecule has 0 spiro atoms. The van der Waals surface area contributed by atoms with E-state index >= 15 is 0 Å². The first-order chi connectivity index (χ1) is 13.6. The first-order valence-corrected chi connectivity index (χ1v) is 9.80. The van der Waals surface area contributed by atoms with Crippen LogP contribution in [0, 0.1) is 6.92 Å². The lowest BCUT2D eigenvalue weighted by molar-refractivity contribution is -0.129. The van der Waals surface area contributed by atoms with E-state index < -0.39 is 0 Å². The van der Waals surface area contributed by atoms with E-state index in [4.69, 9.17) is 4.74 Å². The second-order valence-corrected chi connectivity index (χ2v) is 7.35. The van der Waals surface area contributed by atoms with Gasteiger partial charge >= 0.3 is 5.97 Å². The van der Waals surface area contributed by atoms with Gasteiger partial charge in [0.05, 0.1) is 12.7 Å². The van der Waals surface area contributed by atoms with Gasteiger partial charge in [-0.1, -0.05) is 42.0 Å².